The van der Waals surface area contributed by atoms with E-state index in [4.69, 9.17) is 0 Å². The van der Waals surface area contributed by atoms with Crippen molar-refractivity contribution in [2.45, 2.75) is 34.6 Å². The Kier molecular flexibility index (Phi) is 6.62. The van der Waals surface area contributed by atoms with Crippen molar-refractivity contribution in [3.8, 4) is 0 Å². The molecule has 5 heteroatoms. The molecule has 0 saturated carbocycles. The molecule has 0 aliphatic heterocycles. The molecule has 0 heterocycles. The predicted molar refractivity (Wildman–Crippen MR) is 74.8 cm³/mol. The summed E-state index contributed by atoms with van der Waals surface area (Å²) in [6, 6.07) is 0. The van der Waals surface area contributed by atoms with Gasteiger partial charge in [0.05, 0.1) is 11.1 Å². The molecule has 1 N–H and O–H groups in total. The second-order valence-electron chi connectivity index (χ2n) is 4.97. The zero-order valence-electron chi connectivity index (χ0n) is 12.4. The van der Waals surface area contributed by atoms with Gasteiger partial charge in [-0.15, -0.1) is 0 Å². The summed E-state index contributed by atoms with van der Waals surface area (Å²) in [7, 11) is 0. The first-order chi connectivity index (χ1) is 9.07. The minimum absolute atomic E-state index is 0.0479. The van der Waals surface area contributed by atoms with Crippen LogP contribution >= 0.6 is 0 Å². The summed E-state index contributed by atoms with van der Waals surface area (Å²) in [5, 5.41) is 9.22. The quantitative estimate of drug-likeness (QED) is 0.362. The SMILES string of the molecule is C=C(C)C(=O)OC(=O)/C(=C(/C=C(C)C)C(=O)O)C(C)C. The molecule has 20 heavy (non-hydrogen) atoms. The van der Waals surface area contributed by atoms with Crippen molar-refractivity contribution in [3.63, 3.8) is 0 Å². The molecule has 110 valence electrons. The van der Waals surface area contributed by atoms with Crippen molar-refractivity contribution in [2.24, 2.45) is 5.92 Å². The Morgan fingerprint density at radius 2 is 1.60 bits per heavy atom. The zero-order chi connectivity index (χ0) is 16.0. The largest absolute Gasteiger partial charge is 0.478 e. The van der Waals surface area contributed by atoms with Crippen LogP contribution in [0.1, 0.15) is 34.6 Å². The number of carboxylic acids is 1. The first-order valence-electron chi connectivity index (χ1n) is 6.12. The van der Waals surface area contributed by atoms with Gasteiger partial charge in [0.2, 0.25) is 0 Å². The van der Waals surface area contributed by atoms with Crippen LogP contribution in [0.5, 0.6) is 0 Å². The van der Waals surface area contributed by atoms with E-state index in [-0.39, 0.29) is 16.7 Å². The Bertz CT molecular complexity index is 502. The highest BCUT2D eigenvalue weighted by molar-refractivity contribution is 6.06. The van der Waals surface area contributed by atoms with E-state index in [1.54, 1.807) is 27.7 Å². The van der Waals surface area contributed by atoms with Gasteiger partial charge < -0.3 is 9.84 Å². The molecule has 0 aromatic rings. The molecule has 0 aromatic carbocycles. The standard InChI is InChI=1S/C15H20O5/c1-8(2)7-11(13(16)17)12(9(3)4)15(19)20-14(18)10(5)6/h7,9H,5H2,1-4,6H3,(H,16,17)/b12-11-. The molecule has 0 bridgehead atoms. The van der Waals surface area contributed by atoms with Crippen LogP contribution in [0.25, 0.3) is 0 Å². The lowest BCUT2D eigenvalue weighted by molar-refractivity contribution is -0.154. The van der Waals surface area contributed by atoms with E-state index in [0.29, 0.717) is 0 Å². The summed E-state index contributed by atoms with van der Waals surface area (Å²) in [4.78, 5) is 34.7. The number of rotatable bonds is 5. The maximum absolute atomic E-state index is 12.0. The summed E-state index contributed by atoms with van der Waals surface area (Å²) in [5.74, 6) is -3.46. The summed E-state index contributed by atoms with van der Waals surface area (Å²) in [5.41, 5.74) is 0.577. The predicted octanol–water partition coefficient (Wildman–Crippen LogP) is 2.64. The number of ether oxygens (including phenoxy) is 1. The number of esters is 2. The molecule has 0 amide bonds. The van der Waals surface area contributed by atoms with E-state index in [1.807, 2.05) is 0 Å². The monoisotopic (exact) mass is 280 g/mol. The summed E-state index contributed by atoms with van der Waals surface area (Å²) in [6.45, 7) is 11.5. The Morgan fingerprint density at radius 3 is 1.90 bits per heavy atom. The number of hydrogen-bond donors (Lipinski definition) is 1. The fourth-order valence-electron chi connectivity index (χ4n) is 1.43. The molecular weight excluding hydrogens is 260 g/mol. The average Bonchev–Trinajstić information content (AvgIpc) is 2.26. The van der Waals surface area contributed by atoms with Crippen LogP contribution < -0.4 is 0 Å². The van der Waals surface area contributed by atoms with Crippen molar-refractivity contribution >= 4 is 17.9 Å². The molecule has 0 rings (SSSR count). The minimum atomic E-state index is -1.24. The minimum Gasteiger partial charge on any atom is -0.478 e. The van der Waals surface area contributed by atoms with Crippen LogP contribution in [0, 0.1) is 5.92 Å². The van der Waals surface area contributed by atoms with Gasteiger partial charge in [0.1, 0.15) is 0 Å². The molecule has 5 nitrogen and oxygen atoms in total. The molecule has 0 saturated heterocycles. The smallest absolute Gasteiger partial charge is 0.343 e. The van der Waals surface area contributed by atoms with Gasteiger partial charge in [-0.2, -0.15) is 0 Å². The molecule has 0 spiro atoms. The van der Waals surface area contributed by atoms with E-state index >= 15 is 0 Å². The maximum Gasteiger partial charge on any atom is 0.343 e. The van der Waals surface area contributed by atoms with Crippen LogP contribution in [0.15, 0.2) is 34.9 Å². The number of allylic oxidation sites excluding steroid dienone is 1. The second kappa shape index (κ2) is 7.43. The third-order valence-corrected chi connectivity index (χ3v) is 2.28. The van der Waals surface area contributed by atoms with Crippen LogP contribution in [0.4, 0.5) is 0 Å². The van der Waals surface area contributed by atoms with Gasteiger partial charge in [-0.1, -0.05) is 26.0 Å². The van der Waals surface area contributed by atoms with Crippen molar-refractivity contribution in [2.75, 3.05) is 0 Å². The van der Waals surface area contributed by atoms with Crippen LogP contribution in [-0.2, 0) is 19.1 Å². The van der Waals surface area contributed by atoms with Gasteiger partial charge in [-0.25, -0.2) is 14.4 Å². The highest BCUT2D eigenvalue weighted by Crippen LogP contribution is 2.20. The number of carbonyl (C=O) groups excluding carboxylic acids is 2. The molecular formula is C15H20O5. The lowest BCUT2D eigenvalue weighted by atomic mass is 9.96. The maximum atomic E-state index is 12.0. The van der Waals surface area contributed by atoms with Crippen molar-refractivity contribution < 1.29 is 24.2 Å². The van der Waals surface area contributed by atoms with Crippen LogP contribution in [0.2, 0.25) is 0 Å². The molecule has 0 atom stereocenters. The fraction of sp³-hybridized carbons (Fsp3) is 0.400. The fourth-order valence-corrected chi connectivity index (χ4v) is 1.43. The van der Waals surface area contributed by atoms with Crippen molar-refractivity contribution in [3.05, 3.63) is 34.9 Å². The first-order valence-corrected chi connectivity index (χ1v) is 6.12. The van der Waals surface area contributed by atoms with E-state index < -0.39 is 23.8 Å². The summed E-state index contributed by atoms with van der Waals surface area (Å²) in [6.07, 6.45) is 1.38. The molecule has 0 fully saturated rings. The van der Waals surface area contributed by atoms with Gasteiger partial charge in [0.25, 0.3) is 0 Å². The topological polar surface area (TPSA) is 80.7 Å². The van der Waals surface area contributed by atoms with Gasteiger partial charge in [-0.3, -0.25) is 0 Å². The van der Waals surface area contributed by atoms with E-state index in [1.165, 1.54) is 13.0 Å². The Labute approximate surface area is 118 Å². The van der Waals surface area contributed by atoms with E-state index in [0.717, 1.165) is 5.57 Å². The number of aliphatic carboxylic acids is 1. The highest BCUT2D eigenvalue weighted by Gasteiger charge is 2.25. The molecule has 0 aliphatic carbocycles. The number of hydrogen-bond acceptors (Lipinski definition) is 4. The molecule has 0 aliphatic rings. The Morgan fingerprint density at radius 1 is 1.10 bits per heavy atom. The van der Waals surface area contributed by atoms with E-state index in [9.17, 15) is 19.5 Å². The summed E-state index contributed by atoms with van der Waals surface area (Å²) < 4.78 is 4.62. The zero-order valence-corrected chi connectivity index (χ0v) is 12.4. The number of carbonyl (C=O) groups is 3. The molecule has 0 unspecified atom stereocenters. The first kappa shape index (κ1) is 17.8. The summed E-state index contributed by atoms with van der Waals surface area (Å²) >= 11 is 0. The van der Waals surface area contributed by atoms with Gasteiger partial charge in [-0.05, 0) is 32.8 Å². The Balaban J connectivity index is 5.78. The number of carboxylic acid groups (broad SMARTS) is 1. The third-order valence-electron chi connectivity index (χ3n) is 2.28. The Hall–Kier alpha value is -2.17. The van der Waals surface area contributed by atoms with Crippen LogP contribution in [0.3, 0.4) is 0 Å². The molecule has 0 aromatic heterocycles. The highest BCUT2D eigenvalue weighted by atomic mass is 16.6. The lowest BCUT2D eigenvalue weighted by Gasteiger charge is -2.13. The molecule has 0 radical (unpaired) electrons. The van der Waals surface area contributed by atoms with Crippen LogP contribution in [-0.4, -0.2) is 23.0 Å². The van der Waals surface area contributed by atoms with Gasteiger partial charge in [0, 0.05) is 5.57 Å². The normalized spacial score (nSPS) is 11.5. The van der Waals surface area contributed by atoms with Gasteiger partial charge in [0.15, 0.2) is 0 Å². The van der Waals surface area contributed by atoms with Gasteiger partial charge >= 0.3 is 17.9 Å². The van der Waals surface area contributed by atoms with Crippen molar-refractivity contribution in [1.29, 1.82) is 0 Å². The average molecular weight is 280 g/mol. The van der Waals surface area contributed by atoms with E-state index in [2.05, 4.69) is 11.3 Å². The van der Waals surface area contributed by atoms with Crippen molar-refractivity contribution in [1.82, 2.24) is 0 Å². The second-order valence-corrected chi connectivity index (χ2v) is 4.97. The third kappa shape index (κ3) is 5.22. The lowest BCUT2D eigenvalue weighted by Crippen LogP contribution is -2.21.